The van der Waals surface area contributed by atoms with Gasteiger partial charge in [0.25, 0.3) is 0 Å². The molecule has 4 nitrogen and oxygen atoms in total. The molecule has 0 aromatic heterocycles. The Balaban J connectivity index is 5.60. The van der Waals surface area contributed by atoms with Crippen molar-refractivity contribution < 1.29 is 8.85 Å². The van der Waals surface area contributed by atoms with Crippen LogP contribution in [0.1, 0.15) is 54.4 Å². The van der Waals surface area contributed by atoms with Crippen LogP contribution < -0.4 is 0 Å². The monoisotopic (exact) mass is 290 g/mol. The number of nitrogens with zero attached hydrogens (tertiary/aromatic N) is 2. The van der Waals surface area contributed by atoms with Crippen molar-refractivity contribution in [1.29, 1.82) is 0 Å². The Bertz CT molecular complexity index is 223. The van der Waals surface area contributed by atoms with E-state index in [1.807, 2.05) is 0 Å². The quantitative estimate of drug-likeness (QED) is 0.578. The predicted molar refractivity (Wildman–Crippen MR) is 84.0 cm³/mol. The molecule has 0 aliphatic heterocycles. The van der Waals surface area contributed by atoms with Crippen LogP contribution in [0.15, 0.2) is 0 Å². The van der Waals surface area contributed by atoms with Crippen LogP contribution in [0.5, 0.6) is 0 Å². The largest absolute Gasteiger partial charge is 0.522 e. The molecule has 0 amide bonds. The minimum absolute atomic E-state index is 0.460. The highest BCUT2D eigenvalue weighted by molar-refractivity contribution is 6.61. The van der Waals surface area contributed by atoms with Crippen molar-refractivity contribution in [3.63, 3.8) is 0 Å². The lowest BCUT2D eigenvalue weighted by atomic mass is 10.2. The van der Waals surface area contributed by atoms with Gasteiger partial charge in [-0.25, -0.2) is 0 Å². The zero-order valence-electron chi connectivity index (χ0n) is 14.2. The Labute approximate surface area is 121 Å². The third kappa shape index (κ3) is 4.01. The number of rotatable bonds is 10. The first kappa shape index (κ1) is 19.1. The van der Waals surface area contributed by atoms with Crippen molar-refractivity contribution in [2.24, 2.45) is 0 Å². The van der Waals surface area contributed by atoms with Crippen molar-refractivity contribution in [3.05, 3.63) is 0 Å². The van der Waals surface area contributed by atoms with Gasteiger partial charge in [-0.05, 0) is 39.8 Å². The maximum atomic E-state index is 6.01. The summed E-state index contributed by atoms with van der Waals surface area (Å²) in [4.78, 5) is 0. The zero-order valence-corrected chi connectivity index (χ0v) is 15.2. The van der Waals surface area contributed by atoms with Gasteiger partial charge in [0.2, 0.25) is 0 Å². The van der Waals surface area contributed by atoms with Crippen LogP contribution in [0.3, 0.4) is 0 Å². The Kier molecular flexibility index (Phi) is 9.10. The van der Waals surface area contributed by atoms with E-state index in [4.69, 9.17) is 8.85 Å². The van der Waals surface area contributed by atoms with Crippen LogP contribution in [-0.2, 0) is 8.85 Å². The summed E-state index contributed by atoms with van der Waals surface area (Å²) in [5.41, 5.74) is 0. The lowest BCUT2D eigenvalue weighted by Crippen LogP contribution is -2.72. The molecule has 0 rings (SSSR count). The minimum Gasteiger partial charge on any atom is -0.374 e. The molecule has 2 unspecified atom stereocenters. The number of hydrogen-bond donors (Lipinski definition) is 0. The van der Waals surface area contributed by atoms with Crippen molar-refractivity contribution in [3.8, 4) is 0 Å². The van der Waals surface area contributed by atoms with E-state index in [1.54, 1.807) is 14.2 Å². The van der Waals surface area contributed by atoms with Crippen molar-refractivity contribution >= 4 is 8.88 Å². The molecule has 0 fully saturated rings. The summed E-state index contributed by atoms with van der Waals surface area (Å²) in [6.45, 7) is 15.3. The van der Waals surface area contributed by atoms with Gasteiger partial charge in [0.1, 0.15) is 0 Å². The lowest BCUT2D eigenvalue weighted by Gasteiger charge is -2.48. The van der Waals surface area contributed by atoms with Gasteiger partial charge >= 0.3 is 8.88 Å². The van der Waals surface area contributed by atoms with Crippen LogP contribution in [0, 0.1) is 0 Å². The molecule has 0 spiro atoms. The Morgan fingerprint density at radius 3 is 1.42 bits per heavy atom. The van der Waals surface area contributed by atoms with E-state index >= 15 is 0 Å². The normalized spacial score (nSPS) is 16.1. The van der Waals surface area contributed by atoms with Crippen LogP contribution in [0.25, 0.3) is 0 Å². The first-order valence-electron chi connectivity index (χ1n) is 7.62. The Morgan fingerprint density at radius 1 is 0.842 bits per heavy atom. The highest BCUT2D eigenvalue weighted by atomic mass is 28.4. The van der Waals surface area contributed by atoms with Gasteiger partial charge in [-0.2, -0.15) is 0 Å². The van der Waals surface area contributed by atoms with Crippen molar-refractivity contribution in [2.75, 3.05) is 27.3 Å². The first-order chi connectivity index (χ1) is 8.98. The SMILES string of the molecule is CCC(C)N(C(C)CC)[Si](OC)(OC)N(CC)CC. The van der Waals surface area contributed by atoms with Crippen molar-refractivity contribution in [1.82, 2.24) is 9.13 Å². The van der Waals surface area contributed by atoms with E-state index in [-0.39, 0.29) is 0 Å². The molecule has 0 heterocycles. The van der Waals surface area contributed by atoms with Crippen LogP contribution >= 0.6 is 0 Å². The molecule has 0 bridgehead atoms. The van der Waals surface area contributed by atoms with E-state index in [0.29, 0.717) is 12.1 Å². The van der Waals surface area contributed by atoms with E-state index < -0.39 is 8.88 Å². The van der Waals surface area contributed by atoms with Gasteiger partial charge in [0, 0.05) is 26.3 Å². The maximum absolute atomic E-state index is 6.01. The molecule has 0 aliphatic rings. The van der Waals surface area contributed by atoms with E-state index in [2.05, 4.69) is 50.7 Å². The summed E-state index contributed by atoms with van der Waals surface area (Å²) in [7, 11) is 1.09. The fourth-order valence-corrected chi connectivity index (χ4v) is 6.43. The second kappa shape index (κ2) is 9.08. The minimum atomic E-state index is -2.50. The molecule has 19 heavy (non-hydrogen) atoms. The molecule has 0 saturated carbocycles. The second-order valence-electron chi connectivity index (χ2n) is 5.05. The molecule has 0 aromatic rings. The van der Waals surface area contributed by atoms with Gasteiger partial charge in [-0.15, -0.1) is 0 Å². The molecule has 0 aromatic carbocycles. The molecular weight excluding hydrogens is 256 g/mol. The topological polar surface area (TPSA) is 24.9 Å². The zero-order chi connectivity index (χ0) is 15.1. The summed E-state index contributed by atoms with van der Waals surface area (Å²) in [6.07, 6.45) is 2.21. The molecule has 0 N–H and O–H groups in total. The Morgan fingerprint density at radius 2 is 1.21 bits per heavy atom. The number of hydrogen-bond acceptors (Lipinski definition) is 4. The molecule has 0 aliphatic carbocycles. The molecule has 5 heteroatoms. The molecule has 116 valence electrons. The molecular formula is C14H34N2O2Si. The summed E-state index contributed by atoms with van der Waals surface area (Å²) in [6, 6.07) is 0.921. The van der Waals surface area contributed by atoms with Gasteiger partial charge in [-0.1, -0.05) is 27.7 Å². The van der Waals surface area contributed by atoms with E-state index in [9.17, 15) is 0 Å². The highest BCUT2D eigenvalue weighted by Gasteiger charge is 2.52. The summed E-state index contributed by atoms with van der Waals surface area (Å²) in [5.74, 6) is 0. The van der Waals surface area contributed by atoms with Gasteiger partial charge < -0.3 is 8.85 Å². The fourth-order valence-electron chi connectivity index (χ4n) is 2.72. The third-order valence-electron chi connectivity index (χ3n) is 4.15. The predicted octanol–water partition coefficient (Wildman–Crippen LogP) is 2.96. The maximum Gasteiger partial charge on any atom is 0.522 e. The lowest BCUT2D eigenvalue weighted by molar-refractivity contribution is 0.0604. The van der Waals surface area contributed by atoms with Gasteiger partial charge in [0.05, 0.1) is 0 Å². The summed E-state index contributed by atoms with van der Waals surface area (Å²) < 4.78 is 16.9. The average molecular weight is 291 g/mol. The highest BCUT2D eigenvalue weighted by Crippen LogP contribution is 2.25. The fraction of sp³-hybridized carbons (Fsp3) is 1.00. The molecule has 0 saturated heterocycles. The molecule has 2 atom stereocenters. The smallest absolute Gasteiger partial charge is 0.374 e. The first-order valence-corrected chi connectivity index (χ1v) is 9.33. The van der Waals surface area contributed by atoms with Crippen LogP contribution in [0.4, 0.5) is 0 Å². The summed E-state index contributed by atoms with van der Waals surface area (Å²) >= 11 is 0. The molecule has 0 radical (unpaired) electrons. The standard InChI is InChI=1S/C14H34N2O2Si/c1-9-13(5)16(14(6)10-2)19(17-7,18-8)15(11-3)12-4/h13-14H,9-12H2,1-8H3. The van der Waals surface area contributed by atoms with E-state index in [1.165, 1.54) is 0 Å². The van der Waals surface area contributed by atoms with Crippen LogP contribution in [-0.4, -0.2) is 57.4 Å². The summed E-state index contributed by atoms with van der Waals surface area (Å²) in [5, 5.41) is 0. The Hall–Kier alpha value is 0.0569. The van der Waals surface area contributed by atoms with Crippen molar-refractivity contribution in [2.45, 2.75) is 66.5 Å². The van der Waals surface area contributed by atoms with Crippen LogP contribution in [0.2, 0.25) is 0 Å². The van der Waals surface area contributed by atoms with Gasteiger partial charge in [-0.3, -0.25) is 9.13 Å². The average Bonchev–Trinajstić information content (AvgIpc) is 2.45. The second-order valence-corrected chi connectivity index (χ2v) is 8.11. The third-order valence-corrected chi connectivity index (χ3v) is 8.18. The van der Waals surface area contributed by atoms with E-state index in [0.717, 1.165) is 25.9 Å². The van der Waals surface area contributed by atoms with Gasteiger partial charge in [0.15, 0.2) is 0 Å².